The van der Waals surface area contributed by atoms with Gasteiger partial charge < -0.3 is 15.0 Å². The number of carbonyl (C=O) groups is 2. The lowest BCUT2D eigenvalue weighted by molar-refractivity contribution is -0.142. The predicted molar refractivity (Wildman–Crippen MR) is 77.2 cm³/mol. The molecule has 114 valence electrons. The van der Waals surface area contributed by atoms with Crippen LogP contribution in [0.4, 0.5) is 0 Å². The van der Waals surface area contributed by atoms with E-state index in [9.17, 15) is 14.4 Å². The van der Waals surface area contributed by atoms with E-state index in [4.69, 9.17) is 5.11 Å². The molecule has 1 fully saturated rings. The third-order valence-corrected chi connectivity index (χ3v) is 4.01. The van der Waals surface area contributed by atoms with Gasteiger partial charge in [-0.3, -0.25) is 14.4 Å². The highest BCUT2D eigenvalue weighted by Gasteiger charge is 2.26. The Morgan fingerprint density at radius 3 is 2.52 bits per heavy atom. The summed E-state index contributed by atoms with van der Waals surface area (Å²) in [6, 6.07) is 2.95. The first kappa shape index (κ1) is 15.3. The largest absolute Gasteiger partial charge is 0.481 e. The first-order valence-corrected chi connectivity index (χ1v) is 7.25. The van der Waals surface area contributed by atoms with Gasteiger partial charge in [-0.15, -0.1) is 0 Å². The van der Waals surface area contributed by atoms with Crippen molar-refractivity contribution < 1.29 is 14.7 Å². The lowest BCUT2D eigenvalue weighted by atomic mass is 9.86. The van der Waals surface area contributed by atoms with E-state index < -0.39 is 5.97 Å². The van der Waals surface area contributed by atoms with Crippen molar-refractivity contribution in [3.63, 3.8) is 0 Å². The molecule has 21 heavy (non-hydrogen) atoms. The van der Waals surface area contributed by atoms with Gasteiger partial charge in [0.1, 0.15) is 0 Å². The van der Waals surface area contributed by atoms with Crippen LogP contribution < -0.4 is 10.9 Å². The summed E-state index contributed by atoms with van der Waals surface area (Å²) in [5.74, 6) is -1.33. The molecule has 1 aromatic rings. The van der Waals surface area contributed by atoms with E-state index in [1.54, 1.807) is 12.3 Å². The van der Waals surface area contributed by atoms with Gasteiger partial charge in [-0.1, -0.05) is 0 Å². The molecule has 0 unspecified atom stereocenters. The fraction of sp³-hybridized carbons (Fsp3) is 0.533. The summed E-state index contributed by atoms with van der Waals surface area (Å²) in [7, 11) is 0. The van der Waals surface area contributed by atoms with Gasteiger partial charge >= 0.3 is 5.97 Å². The Morgan fingerprint density at radius 2 is 2.00 bits per heavy atom. The van der Waals surface area contributed by atoms with Gasteiger partial charge in [-0.05, 0) is 38.7 Å². The van der Waals surface area contributed by atoms with Gasteiger partial charge in [-0.2, -0.15) is 0 Å². The van der Waals surface area contributed by atoms with Crippen molar-refractivity contribution in [1.29, 1.82) is 0 Å². The van der Waals surface area contributed by atoms with Crippen LogP contribution in [0.1, 0.15) is 43.0 Å². The topological polar surface area (TPSA) is 88.4 Å². The molecular formula is C15H20N2O4. The number of aryl methyl sites for hydroxylation is 1. The molecule has 0 bridgehead atoms. The molecular weight excluding hydrogens is 272 g/mol. The van der Waals surface area contributed by atoms with Crippen molar-refractivity contribution >= 4 is 11.9 Å². The third kappa shape index (κ3) is 3.71. The molecule has 1 aliphatic rings. The Bertz CT molecular complexity index is 586. The minimum atomic E-state index is -0.761. The molecule has 0 aliphatic heterocycles. The number of nitrogens with one attached hydrogen (secondary N) is 1. The van der Waals surface area contributed by atoms with Gasteiger partial charge in [0, 0.05) is 30.4 Å². The minimum Gasteiger partial charge on any atom is -0.481 e. The average Bonchev–Trinajstić information content (AvgIpc) is 2.47. The zero-order valence-electron chi connectivity index (χ0n) is 12.0. The summed E-state index contributed by atoms with van der Waals surface area (Å²) < 4.78 is 1.52. The molecule has 0 saturated heterocycles. The van der Waals surface area contributed by atoms with Crippen LogP contribution in [-0.2, 0) is 11.3 Å². The monoisotopic (exact) mass is 292 g/mol. The van der Waals surface area contributed by atoms with Gasteiger partial charge in [0.2, 0.25) is 0 Å². The Kier molecular flexibility index (Phi) is 4.77. The number of hydrogen-bond acceptors (Lipinski definition) is 3. The normalized spacial score (nSPS) is 21.8. The zero-order valence-corrected chi connectivity index (χ0v) is 12.0. The number of carbonyl (C=O) groups excluding carboxylic acids is 1. The van der Waals surface area contributed by atoms with E-state index in [0.717, 1.165) is 0 Å². The van der Waals surface area contributed by atoms with Crippen LogP contribution >= 0.6 is 0 Å². The standard InChI is InChI=1S/C15H20N2O4/c1-2-17-8-7-11(9-13(17)18)14(19)16-12-5-3-10(4-6-12)15(20)21/h7-10,12H,2-6H2,1H3,(H,16,19)(H,20,21). The first-order chi connectivity index (χ1) is 10.0. The van der Waals surface area contributed by atoms with Crippen LogP contribution in [0.15, 0.2) is 23.1 Å². The Labute approximate surface area is 122 Å². The van der Waals surface area contributed by atoms with Crippen LogP contribution in [0, 0.1) is 5.92 Å². The van der Waals surface area contributed by atoms with E-state index in [2.05, 4.69) is 5.32 Å². The number of rotatable bonds is 4. The summed E-state index contributed by atoms with van der Waals surface area (Å²) in [5.41, 5.74) is 0.157. The van der Waals surface area contributed by atoms with Crippen LogP contribution in [0.3, 0.4) is 0 Å². The minimum absolute atomic E-state index is 0.0123. The Morgan fingerprint density at radius 1 is 1.33 bits per heavy atom. The molecule has 6 heteroatoms. The molecule has 1 aliphatic carbocycles. The quantitative estimate of drug-likeness (QED) is 0.874. The second-order valence-corrected chi connectivity index (χ2v) is 5.40. The van der Waals surface area contributed by atoms with Crippen LogP contribution in [0.2, 0.25) is 0 Å². The number of nitrogens with zero attached hydrogens (tertiary/aromatic N) is 1. The lowest BCUT2D eigenvalue weighted by Gasteiger charge is -2.26. The predicted octanol–water partition coefficient (Wildman–Crippen LogP) is 1.24. The number of carboxylic acid groups (broad SMARTS) is 1. The van der Waals surface area contributed by atoms with Crippen molar-refractivity contribution in [3.05, 3.63) is 34.2 Å². The molecule has 0 radical (unpaired) electrons. The number of amides is 1. The van der Waals surface area contributed by atoms with Gasteiger partial charge in [0.05, 0.1) is 5.92 Å². The molecule has 1 aromatic heterocycles. The third-order valence-electron chi connectivity index (χ3n) is 4.01. The van der Waals surface area contributed by atoms with Crippen LogP contribution in [0.5, 0.6) is 0 Å². The second kappa shape index (κ2) is 6.56. The van der Waals surface area contributed by atoms with Crippen molar-refractivity contribution in [3.8, 4) is 0 Å². The Hall–Kier alpha value is -2.11. The van der Waals surface area contributed by atoms with Crippen molar-refractivity contribution in [2.45, 2.75) is 45.2 Å². The molecule has 0 aromatic carbocycles. The Balaban J connectivity index is 1.95. The van der Waals surface area contributed by atoms with Crippen molar-refractivity contribution in [1.82, 2.24) is 9.88 Å². The highest BCUT2D eigenvalue weighted by atomic mass is 16.4. The van der Waals surface area contributed by atoms with Crippen LogP contribution in [-0.4, -0.2) is 27.6 Å². The molecule has 1 saturated carbocycles. The average molecular weight is 292 g/mol. The van der Waals surface area contributed by atoms with Gasteiger partial charge in [0.15, 0.2) is 0 Å². The van der Waals surface area contributed by atoms with Crippen molar-refractivity contribution in [2.24, 2.45) is 5.92 Å². The maximum absolute atomic E-state index is 12.1. The number of carboxylic acids is 1. The maximum atomic E-state index is 12.1. The second-order valence-electron chi connectivity index (χ2n) is 5.40. The van der Waals surface area contributed by atoms with E-state index in [0.29, 0.717) is 37.8 Å². The number of aromatic nitrogens is 1. The van der Waals surface area contributed by atoms with E-state index in [-0.39, 0.29) is 23.4 Å². The smallest absolute Gasteiger partial charge is 0.306 e. The van der Waals surface area contributed by atoms with Gasteiger partial charge in [-0.25, -0.2) is 0 Å². The van der Waals surface area contributed by atoms with Crippen molar-refractivity contribution in [2.75, 3.05) is 0 Å². The fourth-order valence-corrected chi connectivity index (χ4v) is 2.66. The summed E-state index contributed by atoms with van der Waals surface area (Å²) in [4.78, 5) is 34.7. The molecule has 0 atom stereocenters. The highest BCUT2D eigenvalue weighted by Crippen LogP contribution is 2.24. The molecule has 2 rings (SSSR count). The highest BCUT2D eigenvalue weighted by molar-refractivity contribution is 5.94. The maximum Gasteiger partial charge on any atom is 0.306 e. The summed E-state index contributed by atoms with van der Waals surface area (Å²) in [5, 5.41) is 11.8. The van der Waals surface area contributed by atoms with Gasteiger partial charge in [0.25, 0.3) is 11.5 Å². The first-order valence-electron chi connectivity index (χ1n) is 7.25. The molecule has 6 nitrogen and oxygen atoms in total. The number of aliphatic carboxylic acids is 1. The summed E-state index contributed by atoms with van der Waals surface area (Å²) >= 11 is 0. The van der Waals surface area contributed by atoms with E-state index in [1.165, 1.54) is 10.6 Å². The molecule has 2 N–H and O–H groups in total. The number of pyridine rings is 1. The van der Waals surface area contributed by atoms with Crippen LogP contribution in [0.25, 0.3) is 0 Å². The summed E-state index contributed by atoms with van der Waals surface area (Å²) in [6.45, 7) is 2.43. The fourth-order valence-electron chi connectivity index (χ4n) is 2.66. The molecule has 1 heterocycles. The summed E-state index contributed by atoms with van der Waals surface area (Å²) in [6.07, 6.45) is 4.09. The van der Waals surface area contributed by atoms with E-state index >= 15 is 0 Å². The van der Waals surface area contributed by atoms with E-state index in [1.807, 2.05) is 6.92 Å². The molecule has 1 amide bonds. The SMILES string of the molecule is CCn1ccc(C(=O)NC2CCC(C(=O)O)CC2)cc1=O. The lowest BCUT2D eigenvalue weighted by Crippen LogP contribution is -2.39. The number of hydrogen-bond donors (Lipinski definition) is 2. The zero-order chi connectivity index (χ0) is 15.4. The molecule has 0 spiro atoms.